The molecule has 0 aliphatic heterocycles. The molecular weight excluding hydrogens is 206 g/mol. The minimum absolute atomic E-state index is 0.786. The average molecular weight is 221 g/mol. The van der Waals surface area contributed by atoms with Crippen LogP contribution in [-0.4, -0.2) is 23.1 Å². The van der Waals surface area contributed by atoms with Crippen LogP contribution in [-0.2, 0) is 0 Å². The highest BCUT2D eigenvalue weighted by atomic mass is 32.2. The van der Waals surface area contributed by atoms with Crippen LogP contribution in [0.15, 0.2) is 30.5 Å². The van der Waals surface area contributed by atoms with Crippen LogP contribution in [0.5, 0.6) is 5.75 Å². The summed E-state index contributed by atoms with van der Waals surface area (Å²) in [5.41, 5.74) is 1.16. The second kappa shape index (κ2) is 5.12. The number of H-pyrrole nitrogens is 1. The van der Waals surface area contributed by atoms with E-state index in [2.05, 4.69) is 30.1 Å². The third kappa shape index (κ3) is 2.69. The van der Waals surface area contributed by atoms with Gasteiger partial charge < -0.3 is 9.72 Å². The van der Waals surface area contributed by atoms with Crippen molar-refractivity contribution >= 4 is 22.7 Å². The molecule has 15 heavy (non-hydrogen) atoms. The number of aromatic amines is 1. The number of hydrogen-bond donors (Lipinski definition) is 1. The molecule has 0 spiro atoms. The minimum atomic E-state index is 0.786. The molecule has 0 fully saturated rings. The first-order valence-electron chi connectivity index (χ1n) is 5.18. The topological polar surface area (TPSA) is 25.0 Å². The molecule has 0 aliphatic rings. The summed E-state index contributed by atoms with van der Waals surface area (Å²) < 4.78 is 5.65. The Labute approximate surface area is 94.0 Å². The summed E-state index contributed by atoms with van der Waals surface area (Å²) in [6.45, 7) is 2.95. The SMILES string of the molecule is CCSCCOc1ccc2[nH]ccc2c1. The third-order valence-corrected chi connectivity index (χ3v) is 3.09. The maximum absolute atomic E-state index is 5.65. The molecule has 0 atom stereocenters. The Morgan fingerprint density at radius 1 is 1.33 bits per heavy atom. The van der Waals surface area contributed by atoms with Crippen molar-refractivity contribution in [1.82, 2.24) is 4.98 Å². The summed E-state index contributed by atoms with van der Waals surface area (Å²) in [5.74, 6) is 3.17. The van der Waals surface area contributed by atoms with Gasteiger partial charge in [-0.25, -0.2) is 0 Å². The van der Waals surface area contributed by atoms with E-state index < -0.39 is 0 Å². The van der Waals surface area contributed by atoms with Crippen molar-refractivity contribution in [3.05, 3.63) is 30.5 Å². The molecule has 2 aromatic rings. The van der Waals surface area contributed by atoms with Crippen molar-refractivity contribution in [2.24, 2.45) is 0 Å². The predicted molar refractivity (Wildman–Crippen MR) is 66.8 cm³/mol. The molecule has 1 aromatic carbocycles. The summed E-state index contributed by atoms with van der Waals surface area (Å²) in [5, 5.41) is 1.20. The van der Waals surface area contributed by atoms with E-state index in [9.17, 15) is 0 Å². The van der Waals surface area contributed by atoms with Gasteiger partial charge in [-0.2, -0.15) is 11.8 Å². The molecule has 2 rings (SSSR count). The number of nitrogens with one attached hydrogen (secondary N) is 1. The Kier molecular flexibility index (Phi) is 3.56. The minimum Gasteiger partial charge on any atom is -0.493 e. The van der Waals surface area contributed by atoms with Crippen LogP contribution in [0, 0.1) is 0 Å². The van der Waals surface area contributed by atoms with E-state index in [0.29, 0.717) is 0 Å². The van der Waals surface area contributed by atoms with E-state index in [4.69, 9.17) is 4.74 Å². The molecule has 0 amide bonds. The number of hydrogen-bond acceptors (Lipinski definition) is 2. The Morgan fingerprint density at radius 3 is 3.13 bits per heavy atom. The molecule has 1 heterocycles. The summed E-state index contributed by atoms with van der Waals surface area (Å²) >= 11 is 1.90. The van der Waals surface area contributed by atoms with Crippen LogP contribution in [0.3, 0.4) is 0 Å². The van der Waals surface area contributed by atoms with Crippen molar-refractivity contribution in [2.75, 3.05) is 18.1 Å². The van der Waals surface area contributed by atoms with Crippen LogP contribution < -0.4 is 4.74 Å². The lowest BCUT2D eigenvalue weighted by Gasteiger charge is -2.05. The molecule has 0 saturated heterocycles. The number of aromatic nitrogens is 1. The number of thioether (sulfide) groups is 1. The van der Waals surface area contributed by atoms with Gasteiger partial charge in [0.25, 0.3) is 0 Å². The number of fused-ring (bicyclic) bond motifs is 1. The predicted octanol–water partition coefficient (Wildman–Crippen LogP) is 3.30. The smallest absolute Gasteiger partial charge is 0.120 e. The highest BCUT2D eigenvalue weighted by molar-refractivity contribution is 7.99. The van der Waals surface area contributed by atoms with E-state index in [1.165, 1.54) is 5.39 Å². The third-order valence-electron chi connectivity index (χ3n) is 2.23. The second-order valence-corrected chi connectivity index (χ2v) is 4.67. The molecular formula is C12H15NOS. The van der Waals surface area contributed by atoms with Gasteiger partial charge in [-0.1, -0.05) is 6.92 Å². The molecule has 2 nitrogen and oxygen atoms in total. The zero-order chi connectivity index (χ0) is 10.5. The molecule has 3 heteroatoms. The van der Waals surface area contributed by atoms with Crippen LogP contribution in [0.2, 0.25) is 0 Å². The van der Waals surface area contributed by atoms with E-state index in [1.807, 2.05) is 24.0 Å². The first-order chi connectivity index (χ1) is 7.40. The Bertz CT molecular complexity index is 424. The zero-order valence-electron chi connectivity index (χ0n) is 8.82. The quantitative estimate of drug-likeness (QED) is 0.784. The van der Waals surface area contributed by atoms with Crippen LogP contribution in [0.4, 0.5) is 0 Å². The van der Waals surface area contributed by atoms with Gasteiger partial charge in [-0.05, 0) is 30.0 Å². The summed E-state index contributed by atoms with van der Waals surface area (Å²) in [4.78, 5) is 3.16. The van der Waals surface area contributed by atoms with Crippen molar-refractivity contribution in [1.29, 1.82) is 0 Å². The van der Waals surface area contributed by atoms with Gasteiger partial charge in [0.15, 0.2) is 0 Å². The van der Waals surface area contributed by atoms with Gasteiger partial charge in [0.1, 0.15) is 5.75 Å². The molecule has 0 bridgehead atoms. The Balaban J connectivity index is 1.96. The summed E-state index contributed by atoms with van der Waals surface area (Å²) in [6, 6.07) is 8.19. The lowest BCUT2D eigenvalue weighted by Crippen LogP contribution is -1.99. The van der Waals surface area contributed by atoms with Crippen LogP contribution in [0.25, 0.3) is 10.9 Å². The second-order valence-electron chi connectivity index (χ2n) is 3.27. The zero-order valence-corrected chi connectivity index (χ0v) is 9.64. The molecule has 80 valence electrons. The number of benzene rings is 1. The monoisotopic (exact) mass is 221 g/mol. The first kappa shape index (κ1) is 10.4. The fourth-order valence-electron chi connectivity index (χ4n) is 1.48. The van der Waals surface area contributed by atoms with Crippen molar-refractivity contribution in [3.8, 4) is 5.75 Å². The average Bonchev–Trinajstić information content (AvgIpc) is 2.71. The number of ether oxygens (including phenoxy) is 1. The maximum Gasteiger partial charge on any atom is 0.120 e. The van der Waals surface area contributed by atoms with Crippen LogP contribution in [0.1, 0.15) is 6.92 Å². The van der Waals surface area contributed by atoms with E-state index in [0.717, 1.165) is 29.4 Å². The lowest BCUT2D eigenvalue weighted by molar-refractivity contribution is 0.344. The molecule has 1 aromatic heterocycles. The molecule has 0 radical (unpaired) electrons. The van der Waals surface area contributed by atoms with Crippen molar-refractivity contribution < 1.29 is 4.74 Å². The summed E-state index contributed by atoms with van der Waals surface area (Å²) in [6.07, 6.45) is 1.95. The van der Waals surface area contributed by atoms with Gasteiger partial charge in [0, 0.05) is 22.9 Å². The van der Waals surface area contributed by atoms with Crippen molar-refractivity contribution in [2.45, 2.75) is 6.92 Å². The highest BCUT2D eigenvalue weighted by Gasteiger charge is 1.97. The molecule has 0 aliphatic carbocycles. The highest BCUT2D eigenvalue weighted by Crippen LogP contribution is 2.19. The van der Waals surface area contributed by atoms with Crippen LogP contribution >= 0.6 is 11.8 Å². The van der Waals surface area contributed by atoms with Gasteiger partial charge in [-0.15, -0.1) is 0 Å². The molecule has 1 N–H and O–H groups in total. The standard InChI is InChI=1S/C12H15NOS/c1-2-15-8-7-14-11-3-4-12-10(9-11)5-6-13-12/h3-6,9,13H,2,7-8H2,1H3. The van der Waals surface area contributed by atoms with E-state index >= 15 is 0 Å². The fraction of sp³-hybridized carbons (Fsp3) is 0.333. The molecule has 0 unspecified atom stereocenters. The largest absolute Gasteiger partial charge is 0.493 e. The normalized spacial score (nSPS) is 10.7. The van der Waals surface area contributed by atoms with E-state index in [-0.39, 0.29) is 0 Å². The summed E-state index contributed by atoms with van der Waals surface area (Å²) in [7, 11) is 0. The van der Waals surface area contributed by atoms with Crippen molar-refractivity contribution in [3.63, 3.8) is 0 Å². The Morgan fingerprint density at radius 2 is 2.27 bits per heavy atom. The Hall–Kier alpha value is -1.09. The first-order valence-corrected chi connectivity index (χ1v) is 6.33. The van der Waals surface area contributed by atoms with Gasteiger partial charge in [-0.3, -0.25) is 0 Å². The van der Waals surface area contributed by atoms with Gasteiger partial charge in [0.2, 0.25) is 0 Å². The van der Waals surface area contributed by atoms with Gasteiger partial charge in [0.05, 0.1) is 6.61 Å². The van der Waals surface area contributed by atoms with E-state index in [1.54, 1.807) is 0 Å². The number of rotatable bonds is 5. The van der Waals surface area contributed by atoms with Gasteiger partial charge >= 0.3 is 0 Å². The molecule has 0 saturated carbocycles. The maximum atomic E-state index is 5.65. The fourth-order valence-corrected chi connectivity index (χ4v) is 1.97. The lowest BCUT2D eigenvalue weighted by atomic mass is 10.2.